The molecule has 140 valence electrons. The van der Waals surface area contributed by atoms with Gasteiger partial charge in [-0.25, -0.2) is 9.97 Å². The molecule has 27 heavy (non-hydrogen) atoms. The van der Waals surface area contributed by atoms with Gasteiger partial charge in [0.25, 0.3) is 0 Å². The molecule has 1 aliphatic heterocycles. The molecule has 1 aromatic carbocycles. The number of rotatable bonds is 6. The number of halogens is 1. The third kappa shape index (κ3) is 3.78. The first-order valence-corrected chi connectivity index (χ1v) is 8.96. The van der Waals surface area contributed by atoms with E-state index in [9.17, 15) is 0 Å². The molecule has 9 heteroatoms. The SMILES string of the molecule is CCC1COC(Cc2nc[nH]n2)(c2ccc(Oc3cnccn3)cc2Cl)O1. The average molecular weight is 388 g/mol. The third-order valence-electron chi connectivity index (χ3n) is 4.28. The third-order valence-corrected chi connectivity index (χ3v) is 4.60. The van der Waals surface area contributed by atoms with Gasteiger partial charge in [-0.3, -0.25) is 10.1 Å². The fourth-order valence-corrected chi connectivity index (χ4v) is 3.27. The Bertz CT molecular complexity index is 893. The van der Waals surface area contributed by atoms with Crippen molar-refractivity contribution >= 4 is 11.6 Å². The summed E-state index contributed by atoms with van der Waals surface area (Å²) in [6, 6.07) is 5.33. The van der Waals surface area contributed by atoms with Gasteiger partial charge in [-0.15, -0.1) is 0 Å². The maximum absolute atomic E-state index is 6.57. The predicted molar refractivity (Wildman–Crippen MR) is 96.4 cm³/mol. The van der Waals surface area contributed by atoms with Crippen LogP contribution in [0.1, 0.15) is 24.7 Å². The summed E-state index contributed by atoms with van der Waals surface area (Å²) < 4.78 is 18.0. The number of ether oxygens (including phenoxy) is 3. The van der Waals surface area contributed by atoms with Crippen LogP contribution in [0.3, 0.4) is 0 Å². The Hall–Kier alpha value is -2.55. The van der Waals surface area contributed by atoms with Crippen LogP contribution in [0.4, 0.5) is 0 Å². The molecule has 3 heterocycles. The van der Waals surface area contributed by atoms with Crippen molar-refractivity contribution in [2.75, 3.05) is 6.61 Å². The quantitative estimate of drug-likeness (QED) is 0.693. The smallest absolute Gasteiger partial charge is 0.237 e. The van der Waals surface area contributed by atoms with E-state index in [-0.39, 0.29) is 6.10 Å². The molecule has 0 amide bonds. The topological polar surface area (TPSA) is 95.0 Å². The van der Waals surface area contributed by atoms with Gasteiger partial charge in [-0.1, -0.05) is 18.5 Å². The molecule has 2 atom stereocenters. The first-order chi connectivity index (χ1) is 13.2. The molecule has 0 bridgehead atoms. The number of nitrogens with one attached hydrogen (secondary N) is 1. The zero-order valence-electron chi connectivity index (χ0n) is 14.6. The summed E-state index contributed by atoms with van der Waals surface area (Å²) in [5.74, 6) is 0.478. The van der Waals surface area contributed by atoms with Crippen molar-refractivity contribution in [2.24, 2.45) is 0 Å². The van der Waals surface area contributed by atoms with E-state index in [4.69, 9.17) is 25.8 Å². The highest BCUT2D eigenvalue weighted by Gasteiger charge is 2.45. The van der Waals surface area contributed by atoms with Crippen LogP contribution in [0.2, 0.25) is 5.02 Å². The highest BCUT2D eigenvalue weighted by Crippen LogP contribution is 2.42. The van der Waals surface area contributed by atoms with Crippen LogP contribution in [0.25, 0.3) is 0 Å². The summed E-state index contributed by atoms with van der Waals surface area (Å²) >= 11 is 6.57. The molecule has 1 fully saturated rings. The second-order valence-electron chi connectivity index (χ2n) is 6.09. The zero-order valence-corrected chi connectivity index (χ0v) is 15.4. The molecule has 1 aliphatic rings. The summed E-state index contributed by atoms with van der Waals surface area (Å²) in [5, 5.41) is 7.30. The fraction of sp³-hybridized carbons (Fsp3) is 0.333. The standard InChI is InChI=1S/C18H18ClN5O3/c1-2-12-10-25-18(27-12,8-16-22-11-23-24-16)14-4-3-13(7-15(14)19)26-17-9-20-5-6-21-17/h3-7,9,11-12H,2,8,10H2,1H3,(H,22,23,24). The predicted octanol–water partition coefficient (Wildman–Crippen LogP) is 3.26. The number of aromatic amines is 1. The van der Waals surface area contributed by atoms with Crippen LogP contribution in [-0.2, 0) is 21.7 Å². The summed E-state index contributed by atoms with van der Waals surface area (Å²) in [5.41, 5.74) is 0.705. The molecule has 1 saturated heterocycles. The highest BCUT2D eigenvalue weighted by molar-refractivity contribution is 6.31. The summed E-state index contributed by atoms with van der Waals surface area (Å²) in [7, 11) is 0. The number of hydrogen-bond donors (Lipinski definition) is 1. The summed E-state index contributed by atoms with van der Waals surface area (Å²) in [6.07, 6.45) is 7.35. The van der Waals surface area contributed by atoms with E-state index in [1.54, 1.807) is 24.5 Å². The van der Waals surface area contributed by atoms with Gasteiger partial charge in [0.2, 0.25) is 11.7 Å². The molecule has 3 aromatic rings. The van der Waals surface area contributed by atoms with Crippen LogP contribution in [-0.4, -0.2) is 37.9 Å². The normalized spacial score (nSPS) is 22.1. The molecular formula is C18H18ClN5O3. The summed E-state index contributed by atoms with van der Waals surface area (Å²) in [6.45, 7) is 2.53. The van der Waals surface area contributed by atoms with E-state index in [0.717, 1.165) is 6.42 Å². The van der Waals surface area contributed by atoms with Crippen molar-refractivity contribution in [3.8, 4) is 11.6 Å². The molecule has 8 nitrogen and oxygen atoms in total. The van der Waals surface area contributed by atoms with Gasteiger partial charge in [0.15, 0.2) is 5.82 Å². The van der Waals surface area contributed by atoms with Gasteiger partial charge in [-0.2, -0.15) is 5.10 Å². The minimum absolute atomic E-state index is 0.0180. The van der Waals surface area contributed by atoms with E-state index in [1.807, 2.05) is 6.07 Å². The summed E-state index contributed by atoms with van der Waals surface area (Å²) in [4.78, 5) is 12.3. The second-order valence-corrected chi connectivity index (χ2v) is 6.50. The van der Waals surface area contributed by atoms with Gasteiger partial charge in [0.1, 0.15) is 12.1 Å². The lowest BCUT2D eigenvalue weighted by molar-refractivity contribution is -0.177. The zero-order chi connectivity index (χ0) is 18.7. The van der Waals surface area contributed by atoms with E-state index < -0.39 is 5.79 Å². The van der Waals surface area contributed by atoms with Gasteiger partial charge in [0.05, 0.1) is 30.4 Å². The molecule has 1 N–H and O–H groups in total. The van der Waals surface area contributed by atoms with Crippen molar-refractivity contribution in [3.63, 3.8) is 0 Å². The first-order valence-electron chi connectivity index (χ1n) is 8.59. The Balaban J connectivity index is 1.64. The van der Waals surface area contributed by atoms with Crippen molar-refractivity contribution < 1.29 is 14.2 Å². The first kappa shape index (κ1) is 17.8. The van der Waals surface area contributed by atoms with Crippen LogP contribution >= 0.6 is 11.6 Å². The molecule has 0 spiro atoms. The van der Waals surface area contributed by atoms with Gasteiger partial charge < -0.3 is 14.2 Å². The van der Waals surface area contributed by atoms with E-state index in [2.05, 4.69) is 32.1 Å². The Labute approximate surface area is 160 Å². The van der Waals surface area contributed by atoms with Gasteiger partial charge in [-0.05, 0) is 24.6 Å². The molecular weight excluding hydrogens is 370 g/mol. The number of benzene rings is 1. The Morgan fingerprint density at radius 3 is 2.93 bits per heavy atom. The highest BCUT2D eigenvalue weighted by atomic mass is 35.5. The van der Waals surface area contributed by atoms with E-state index in [0.29, 0.717) is 41.1 Å². The maximum atomic E-state index is 6.57. The Kier molecular flexibility index (Phi) is 5.02. The maximum Gasteiger partial charge on any atom is 0.237 e. The lowest BCUT2D eigenvalue weighted by Crippen LogP contribution is -2.32. The average Bonchev–Trinajstić information content (AvgIpc) is 3.33. The minimum atomic E-state index is -1.04. The number of aromatic nitrogens is 5. The van der Waals surface area contributed by atoms with Crippen LogP contribution < -0.4 is 4.74 Å². The molecule has 2 unspecified atom stereocenters. The van der Waals surface area contributed by atoms with Crippen LogP contribution in [0, 0.1) is 0 Å². The molecule has 0 saturated carbocycles. The van der Waals surface area contributed by atoms with Crippen molar-refractivity contribution in [1.82, 2.24) is 25.1 Å². The van der Waals surface area contributed by atoms with E-state index >= 15 is 0 Å². The lowest BCUT2D eigenvalue weighted by atomic mass is 10.0. The number of nitrogens with zero attached hydrogens (tertiary/aromatic N) is 4. The molecule has 0 radical (unpaired) electrons. The monoisotopic (exact) mass is 387 g/mol. The van der Waals surface area contributed by atoms with Crippen molar-refractivity contribution in [1.29, 1.82) is 0 Å². The van der Waals surface area contributed by atoms with Crippen LogP contribution in [0.5, 0.6) is 11.6 Å². The fourth-order valence-electron chi connectivity index (χ4n) is 2.95. The second kappa shape index (κ2) is 7.59. The van der Waals surface area contributed by atoms with Crippen molar-refractivity contribution in [3.05, 3.63) is 59.5 Å². The Morgan fingerprint density at radius 2 is 2.26 bits per heavy atom. The molecule has 0 aliphatic carbocycles. The largest absolute Gasteiger partial charge is 0.437 e. The minimum Gasteiger partial charge on any atom is -0.437 e. The number of hydrogen-bond acceptors (Lipinski definition) is 7. The Morgan fingerprint density at radius 1 is 1.33 bits per heavy atom. The van der Waals surface area contributed by atoms with Crippen LogP contribution in [0.15, 0.2) is 43.1 Å². The van der Waals surface area contributed by atoms with Gasteiger partial charge >= 0.3 is 0 Å². The van der Waals surface area contributed by atoms with Gasteiger partial charge in [0, 0.05) is 18.0 Å². The molecule has 4 rings (SSSR count). The number of H-pyrrole nitrogens is 1. The van der Waals surface area contributed by atoms with Crippen molar-refractivity contribution in [2.45, 2.75) is 31.7 Å². The van der Waals surface area contributed by atoms with E-state index in [1.165, 1.54) is 12.5 Å². The lowest BCUT2D eigenvalue weighted by Gasteiger charge is -2.28. The molecule has 2 aromatic heterocycles.